The second-order valence-electron chi connectivity index (χ2n) is 7.23. The fourth-order valence-corrected chi connectivity index (χ4v) is 3.99. The number of carbonyl (C=O) groups excluding carboxylic acids is 2. The molecule has 0 spiro atoms. The molecular weight excluding hydrogens is 499 g/mol. The molecule has 0 aromatic heterocycles. The van der Waals surface area contributed by atoms with Crippen LogP contribution >= 0.6 is 23.4 Å². The van der Waals surface area contributed by atoms with Crippen LogP contribution in [0.15, 0.2) is 65.6 Å². The first-order valence-electron chi connectivity index (χ1n) is 9.99. The van der Waals surface area contributed by atoms with Crippen molar-refractivity contribution < 1.29 is 33.8 Å². The summed E-state index contributed by atoms with van der Waals surface area (Å²) in [5.41, 5.74) is -0.134. The monoisotopic (exact) mass is 516 g/mol. The summed E-state index contributed by atoms with van der Waals surface area (Å²) < 4.78 is 13.3. The van der Waals surface area contributed by atoms with E-state index in [9.17, 15) is 28.7 Å². The van der Waals surface area contributed by atoms with Crippen LogP contribution in [0.3, 0.4) is 0 Å². The number of nitrogens with one attached hydrogen (secondary N) is 2. The number of carboxylic acids is 2. The number of benzene rings is 3. The molecule has 0 radical (unpaired) electrons. The summed E-state index contributed by atoms with van der Waals surface area (Å²) >= 11 is 6.97. The molecule has 0 bridgehead atoms. The Bertz CT molecular complexity index is 1320. The second-order valence-corrected chi connectivity index (χ2v) is 9.05. The molecule has 0 saturated heterocycles. The highest BCUT2D eigenvalue weighted by atomic mass is 35.5. The van der Waals surface area contributed by atoms with Gasteiger partial charge in [-0.2, -0.15) is 0 Å². The third-order valence-corrected chi connectivity index (χ3v) is 6.12. The van der Waals surface area contributed by atoms with Crippen molar-refractivity contribution >= 4 is 58.5 Å². The molecule has 0 aliphatic heterocycles. The van der Waals surface area contributed by atoms with Gasteiger partial charge in [0.15, 0.2) is 0 Å². The molecule has 3 aromatic carbocycles. The topological polar surface area (TPSA) is 133 Å². The molecule has 11 heteroatoms. The summed E-state index contributed by atoms with van der Waals surface area (Å²) in [6.45, 7) is 1.69. The first-order chi connectivity index (χ1) is 16.5. The van der Waals surface area contributed by atoms with Crippen molar-refractivity contribution in [3.05, 3.63) is 88.2 Å². The molecule has 3 aromatic rings. The zero-order valence-electron chi connectivity index (χ0n) is 18.0. The number of hydrogen-bond acceptors (Lipinski definition) is 5. The molecule has 0 saturated carbocycles. The lowest BCUT2D eigenvalue weighted by atomic mass is 10.0. The third-order valence-electron chi connectivity index (χ3n) is 4.72. The molecule has 0 fully saturated rings. The maximum atomic E-state index is 13.3. The minimum atomic E-state index is -1.43. The Morgan fingerprint density at radius 3 is 2.11 bits per heavy atom. The van der Waals surface area contributed by atoms with Crippen LogP contribution in [-0.4, -0.2) is 39.2 Å². The van der Waals surface area contributed by atoms with Gasteiger partial charge in [-0.3, -0.25) is 9.59 Å². The summed E-state index contributed by atoms with van der Waals surface area (Å²) in [5, 5.41) is 23.0. The molecular formula is C24H18ClFN2O6S. The Labute approximate surface area is 208 Å². The predicted octanol–water partition coefficient (Wildman–Crippen LogP) is 5.25. The average Bonchev–Trinajstić information content (AvgIpc) is 2.82. The minimum Gasteiger partial charge on any atom is -0.478 e. The first-order valence-corrected chi connectivity index (χ1v) is 11.3. The highest BCUT2D eigenvalue weighted by Gasteiger charge is 2.20. The van der Waals surface area contributed by atoms with E-state index >= 15 is 0 Å². The van der Waals surface area contributed by atoms with E-state index in [1.165, 1.54) is 23.9 Å². The number of aromatic carboxylic acids is 2. The van der Waals surface area contributed by atoms with E-state index in [4.69, 9.17) is 16.7 Å². The lowest BCUT2D eigenvalue weighted by molar-refractivity contribution is -0.115. The largest absolute Gasteiger partial charge is 0.478 e. The van der Waals surface area contributed by atoms with Gasteiger partial charge in [0.2, 0.25) is 5.91 Å². The third kappa shape index (κ3) is 6.58. The van der Waals surface area contributed by atoms with Gasteiger partial charge in [0.25, 0.3) is 5.91 Å². The molecule has 3 rings (SSSR count). The summed E-state index contributed by atoms with van der Waals surface area (Å²) in [7, 11) is 0. The van der Waals surface area contributed by atoms with Crippen molar-refractivity contribution in [2.75, 3.05) is 10.6 Å². The summed E-state index contributed by atoms with van der Waals surface area (Å²) in [4.78, 5) is 48.3. The molecule has 0 heterocycles. The highest BCUT2D eigenvalue weighted by molar-refractivity contribution is 8.00. The van der Waals surface area contributed by atoms with Gasteiger partial charge in [0.05, 0.1) is 27.0 Å². The number of amides is 2. The van der Waals surface area contributed by atoms with Gasteiger partial charge >= 0.3 is 11.9 Å². The van der Waals surface area contributed by atoms with Gasteiger partial charge in [-0.05, 0) is 67.6 Å². The summed E-state index contributed by atoms with van der Waals surface area (Å²) in [5.74, 6) is -4.36. The van der Waals surface area contributed by atoms with E-state index in [0.29, 0.717) is 11.4 Å². The number of halogens is 2. The summed E-state index contributed by atoms with van der Waals surface area (Å²) in [6, 6.07) is 13.6. The van der Waals surface area contributed by atoms with Gasteiger partial charge in [-0.1, -0.05) is 11.6 Å². The Morgan fingerprint density at radius 1 is 0.857 bits per heavy atom. The number of rotatable bonds is 8. The number of thioether (sulfide) groups is 1. The smallest absolute Gasteiger partial charge is 0.336 e. The molecule has 35 heavy (non-hydrogen) atoms. The van der Waals surface area contributed by atoms with Gasteiger partial charge in [0.1, 0.15) is 5.82 Å². The second kappa shape index (κ2) is 11.0. The first kappa shape index (κ1) is 25.7. The fraction of sp³-hybridized carbons (Fsp3) is 0.0833. The summed E-state index contributed by atoms with van der Waals surface area (Å²) in [6.07, 6.45) is 0. The molecule has 2 amide bonds. The van der Waals surface area contributed by atoms with Crippen molar-refractivity contribution in [2.24, 2.45) is 0 Å². The van der Waals surface area contributed by atoms with Crippen molar-refractivity contribution in [3.63, 3.8) is 0 Å². The number of hydrogen-bond donors (Lipinski definition) is 4. The van der Waals surface area contributed by atoms with Crippen LogP contribution < -0.4 is 10.6 Å². The van der Waals surface area contributed by atoms with Crippen LogP contribution in [0.25, 0.3) is 0 Å². The van der Waals surface area contributed by atoms with Crippen molar-refractivity contribution in [1.82, 2.24) is 0 Å². The van der Waals surface area contributed by atoms with Crippen LogP contribution in [0, 0.1) is 5.82 Å². The lowest BCUT2D eigenvalue weighted by Gasteiger charge is -2.13. The van der Waals surface area contributed by atoms with Gasteiger partial charge in [0, 0.05) is 16.3 Å². The van der Waals surface area contributed by atoms with Crippen molar-refractivity contribution in [3.8, 4) is 0 Å². The molecule has 180 valence electrons. The van der Waals surface area contributed by atoms with Crippen molar-refractivity contribution in [2.45, 2.75) is 17.1 Å². The van der Waals surface area contributed by atoms with E-state index in [1.54, 1.807) is 31.2 Å². The maximum Gasteiger partial charge on any atom is 0.336 e. The van der Waals surface area contributed by atoms with Gasteiger partial charge in [-0.25, -0.2) is 14.0 Å². The van der Waals surface area contributed by atoms with Crippen molar-refractivity contribution in [1.29, 1.82) is 0 Å². The van der Waals surface area contributed by atoms with E-state index < -0.39 is 34.5 Å². The van der Waals surface area contributed by atoms with Crippen LogP contribution in [0.2, 0.25) is 5.02 Å². The Balaban J connectivity index is 1.64. The van der Waals surface area contributed by atoms with Crippen LogP contribution in [0.1, 0.15) is 38.0 Å². The van der Waals surface area contributed by atoms with E-state index in [-0.39, 0.29) is 22.1 Å². The zero-order valence-corrected chi connectivity index (χ0v) is 19.6. The molecule has 1 atom stereocenters. The molecule has 4 N–H and O–H groups in total. The number of carbonyl (C=O) groups is 4. The van der Waals surface area contributed by atoms with Crippen LogP contribution in [0.4, 0.5) is 15.8 Å². The quantitative estimate of drug-likeness (QED) is 0.301. The Hall–Kier alpha value is -3.89. The van der Waals surface area contributed by atoms with Gasteiger partial charge < -0.3 is 20.8 Å². The van der Waals surface area contributed by atoms with E-state index in [0.717, 1.165) is 29.2 Å². The molecule has 1 unspecified atom stereocenters. The van der Waals surface area contributed by atoms with E-state index in [2.05, 4.69) is 10.6 Å². The average molecular weight is 517 g/mol. The van der Waals surface area contributed by atoms with E-state index in [1.807, 2.05) is 0 Å². The number of anilines is 2. The number of carboxylic acid groups (broad SMARTS) is 2. The Kier molecular flexibility index (Phi) is 8.10. The van der Waals surface area contributed by atoms with Crippen LogP contribution in [0.5, 0.6) is 0 Å². The molecule has 0 aliphatic rings. The lowest BCUT2D eigenvalue weighted by Crippen LogP contribution is -2.22. The molecule has 0 aliphatic carbocycles. The Morgan fingerprint density at radius 2 is 1.51 bits per heavy atom. The minimum absolute atomic E-state index is 0.103. The highest BCUT2D eigenvalue weighted by Crippen LogP contribution is 2.27. The normalized spacial score (nSPS) is 11.4. The SMILES string of the molecule is CC(Sc1ccc(NC(=O)c2ccc(C(=O)O)cc2C(=O)O)cc1)C(=O)Nc1ccc(F)c(Cl)c1. The zero-order chi connectivity index (χ0) is 25.7. The van der Waals surface area contributed by atoms with Crippen LogP contribution in [-0.2, 0) is 4.79 Å². The standard InChI is InChI=1S/C24H18ClFN2O6S/c1-12(21(29)28-15-5-9-20(26)19(25)11-15)35-16-6-3-14(4-7-16)27-22(30)17-8-2-13(23(31)32)10-18(17)24(33)34/h2-12H,1H3,(H,27,30)(H,28,29)(H,31,32)(H,33,34). The van der Waals surface area contributed by atoms with Gasteiger partial charge in [-0.15, -0.1) is 11.8 Å². The fourth-order valence-electron chi connectivity index (χ4n) is 2.94. The maximum absolute atomic E-state index is 13.3. The molecule has 8 nitrogen and oxygen atoms in total. The predicted molar refractivity (Wildman–Crippen MR) is 130 cm³/mol.